The first-order valence-electron chi connectivity index (χ1n) is 10.1. The fourth-order valence-electron chi connectivity index (χ4n) is 3.99. The first kappa shape index (κ1) is 25.3. The topological polar surface area (TPSA) is 121 Å². The fourth-order valence-corrected chi connectivity index (χ4v) is 3.99. The van der Waals surface area contributed by atoms with Gasteiger partial charge in [-0.2, -0.15) is 0 Å². The van der Waals surface area contributed by atoms with E-state index in [9.17, 15) is 39.4 Å². The lowest BCUT2D eigenvalue weighted by molar-refractivity contribution is -0.230. The molecule has 0 saturated heterocycles. The monoisotopic (exact) mass is 440 g/mol. The van der Waals surface area contributed by atoms with Gasteiger partial charge in [-0.3, -0.25) is 0 Å². The summed E-state index contributed by atoms with van der Waals surface area (Å²) in [6.07, 6.45) is -6.40. The molecule has 0 radical (unpaired) electrons. The summed E-state index contributed by atoms with van der Waals surface area (Å²) in [6.45, 7) is 0.809. The van der Waals surface area contributed by atoms with Crippen molar-refractivity contribution < 1.29 is 39.4 Å². The highest BCUT2D eigenvalue weighted by atomic mass is 19.1. The lowest BCUT2D eigenvalue weighted by Crippen LogP contribution is -2.66. The van der Waals surface area contributed by atoms with E-state index in [1.54, 1.807) is 13.0 Å². The van der Waals surface area contributed by atoms with Crippen molar-refractivity contribution in [1.29, 1.82) is 0 Å². The molecule has 31 heavy (non-hydrogen) atoms. The van der Waals surface area contributed by atoms with E-state index in [2.05, 4.69) is 0 Å². The van der Waals surface area contributed by atoms with E-state index < -0.39 is 54.2 Å². The summed E-state index contributed by atoms with van der Waals surface area (Å²) in [5.41, 5.74) is -4.05. The molecule has 1 unspecified atom stereocenters. The van der Waals surface area contributed by atoms with Gasteiger partial charge in [0.2, 0.25) is 0 Å². The minimum Gasteiger partial charge on any atom is -0.394 e. The number of halogens is 2. The summed E-state index contributed by atoms with van der Waals surface area (Å²) in [5.74, 6) is -1.16. The van der Waals surface area contributed by atoms with Gasteiger partial charge in [0.25, 0.3) is 0 Å². The Morgan fingerprint density at radius 1 is 0.871 bits per heavy atom. The highest BCUT2D eigenvalue weighted by molar-refractivity contribution is 5.24. The Labute approximate surface area is 180 Å². The number of benzene rings is 2. The zero-order valence-electron chi connectivity index (χ0n) is 17.3. The molecular formula is C23H30F2O6. The standard InChI is InChI=1S/C23H30F2O6/c1-2-9-22(30,12-15-5-3-7-17(24)10-15)21(29)23(31,20(28)19(27)14-26)13-16-6-4-8-18(25)11-16/h3-8,10-11,19-21,26-31H,2,9,12-14H2,1H3/t19-,20+,21+,22?,23+/m0/s1. The highest BCUT2D eigenvalue weighted by Gasteiger charge is 2.54. The Balaban J connectivity index is 2.49. The molecule has 0 aliphatic carbocycles. The van der Waals surface area contributed by atoms with Crippen molar-refractivity contribution in [3.05, 3.63) is 71.3 Å². The minimum absolute atomic E-state index is 0.0297. The van der Waals surface area contributed by atoms with Gasteiger partial charge in [-0.05, 0) is 41.8 Å². The molecule has 0 heterocycles. The average Bonchev–Trinajstić information content (AvgIpc) is 2.72. The number of hydrogen-bond donors (Lipinski definition) is 6. The van der Waals surface area contributed by atoms with Gasteiger partial charge < -0.3 is 30.6 Å². The third kappa shape index (κ3) is 6.06. The van der Waals surface area contributed by atoms with Crippen molar-refractivity contribution in [2.24, 2.45) is 0 Å². The maximum absolute atomic E-state index is 13.7. The summed E-state index contributed by atoms with van der Waals surface area (Å²) in [6, 6.07) is 10.5. The number of hydrogen-bond acceptors (Lipinski definition) is 6. The van der Waals surface area contributed by atoms with Gasteiger partial charge in [0.15, 0.2) is 0 Å². The lowest BCUT2D eigenvalue weighted by Gasteiger charge is -2.46. The lowest BCUT2D eigenvalue weighted by atomic mass is 9.71. The van der Waals surface area contributed by atoms with Crippen LogP contribution in [0.1, 0.15) is 30.9 Å². The molecule has 0 bridgehead atoms. The molecule has 5 atom stereocenters. The summed E-state index contributed by atoms with van der Waals surface area (Å²) in [5, 5.41) is 63.7. The molecule has 8 heteroatoms. The largest absolute Gasteiger partial charge is 0.394 e. The van der Waals surface area contributed by atoms with Crippen LogP contribution in [0.3, 0.4) is 0 Å². The first-order valence-corrected chi connectivity index (χ1v) is 10.1. The number of aliphatic hydroxyl groups is 6. The second-order valence-electron chi connectivity index (χ2n) is 8.06. The van der Waals surface area contributed by atoms with E-state index in [1.165, 1.54) is 36.4 Å². The van der Waals surface area contributed by atoms with Crippen molar-refractivity contribution in [3.63, 3.8) is 0 Å². The van der Waals surface area contributed by atoms with Gasteiger partial charge in [0.05, 0.1) is 12.2 Å². The summed E-state index contributed by atoms with van der Waals surface area (Å²) in [7, 11) is 0. The van der Waals surface area contributed by atoms with E-state index in [0.29, 0.717) is 12.0 Å². The third-order valence-corrected chi connectivity index (χ3v) is 5.50. The maximum Gasteiger partial charge on any atom is 0.126 e. The predicted octanol–water partition coefficient (Wildman–Crippen LogP) is 1.09. The second kappa shape index (κ2) is 10.6. The normalized spacial score (nSPS) is 18.6. The number of rotatable bonds is 11. The summed E-state index contributed by atoms with van der Waals surface area (Å²) >= 11 is 0. The smallest absolute Gasteiger partial charge is 0.126 e. The molecule has 0 aliphatic rings. The Morgan fingerprint density at radius 3 is 1.84 bits per heavy atom. The van der Waals surface area contributed by atoms with Crippen LogP contribution in [-0.2, 0) is 12.8 Å². The molecule has 0 amide bonds. The molecule has 6 nitrogen and oxygen atoms in total. The molecule has 0 aliphatic heterocycles. The van der Waals surface area contributed by atoms with Crippen molar-refractivity contribution in [3.8, 4) is 0 Å². The SMILES string of the molecule is CCCC(O)(Cc1cccc(F)c1)[C@@H](O)[C@@](O)(Cc1cccc(F)c1)[C@H](O)[C@@H](O)CO. The predicted molar refractivity (Wildman–Crippen MR) is 110 cm³/mol. The maximum atomic E-state index is 13.7. The van der Waals surface area contributed by atoms with Crippen molar-refractivity contribution in [2.45, 2.75) is 62.1 Å². The van der Waals surface area contributed by atoms with E-state index in [0.717, 1.165) is 6.07 Å². The Kier molecular flexibility index (Phi) is 8.65. The van der Waals surface area contributed by atoms with Gasteiger partial charge in [-0.1, -0.05) is 37.6 Å². The molecule has 0 saturated carbocycles. The van der Waals surface area contributed by atoms with Crippen LogP contribution in [-0.4, -0.2) is 66.8 Å². The molecular weight excluding hydrogens is 410 g/mol. The van der Waals surface area contributed by atoms with Crippen LogP contribution in [0.2, 0.25) is 0 Å². The van der Waals surface area contributed by atoms with Crippen molar-refractivity contribution >= 4 is 0 Å². The molecule has 0 aromatic heterocycles. The van der Waals surface area contributed by atoms with Gasteiger partial charge in [0, 0.05) is 12.8 Å². The van der Waals surface area contributed by atoms with Crippen LogP contribution < -0.4 is 0 Å². The Bertz CT molecular complexity index is 850. The van der Waals surface area contributed by atoms with Gasteiger partial charge in [-0.15, -0.1) is 0 Å². The highest BCUT2D eigenvalue weighted by Crippen LogP contribution is 2.35. The van der Waals surface area contributed by atoms with Crippen LogP contribution >= 0.6 is 0 Å². The van der Waals surface area contributed by atoms with Crippen LogP contribution in [0.5, 0.6) is 0 Å². The average molecular weight is 440 g/mol. The van der Waals surface area contributed by atoms with E-state index in [-0.39, 0.29) is 18.4 Å². The fraction of sp³-hybridized carbons (Fsp3) is 0.478. The molecule has 2 aromatic rings. The Hall–Kier alpha value is -1.94. The molecule has 6 N–H and O–H groups in total. The molecule has 2 rings (SSSR count). The van der Waals surface area contributed by atoms with Crippen LogP contribution in [0.25, 0.3) is 0 Å². The van der Waals surface area contributed by atoms with Crippen molar-refractivity contribution in [2.75, 3.05) is 6.61 Å². The van der Waals surface area contributed by atoms with Gasteiger partial charge in [-0.25, -0.2) is 8.78 Å². The van der Waals surface area contributed by atoms with Crippen LogP contribution in [0.15, 0.2) is 48.5 Å². The molecule has 172 valence electrons. The van der Waals surface area contributed by atoms with Crippen LogP contribution in [0.4, 0.5) is 8.78 Å². The van der Waals surface area contributed by atoms with E-state index in [4.69, 9.17) is 0 Å². The Morgan fingerprint density at radius 2 is 1.39 bits per heavy atom. The van der Waals surface area contributed by atoms with E-state index >= 15 is 0 Å². The molecule has 2 aromatic carbocycles. The number of aliphatic hydroxyl groups excluding tert-OH is 4. The second-order valence-corrected chi connectivity index (χ2v) is 8.06. The van der Waals surface area contributed by atoms with Crippen LogP contribution in [0, 0.1) is 11.6 Å². The van der Waals surface area contributed by atoms with E-state index in [1.807, 2.05) is 0 Å². The zero-order chi connectivity index (χ0) is 23.2. The molecule has 0 spiro atoms. The quantitative estimate of drug-likeness (QED) is 0.311. The molecule has 0 fully saturated rings. The van der Waals surface area contributed by atoms with Crippen molar-refractivity contribution in [1.82, 2.24) is 0 Å². The summed E-state index contributed by atoms with van der Waals surface area (Å²) in [4.78, 5) is 0. The first-order chi connectivity index (χ1) is 14.6. The zero-order valence-corrected chi connectivity index (χ0v) is 17.3. The van der Waals surface area contributed by atoms with Gasteiger partial charge in [0.1, 0.15) is 35.5 Å². The summed E-state index contributed by atoms with van der Waals surface area (Å²) < 4.78 is 27.3. The third-order valence-electron chi connectivity index (χ3n) is 5.50. The van der Waals surface area contributed by atoms with Gasteiger partial charge >= 0.3 is 0 Å². The minimum atomic E-state index is -2.56.